The van der Waals surface area contributed by atoms with Crippen LogP contribution in [0.2, 0.25) is 0 Å². The molecule has 0 N–H and O–H groups in total. The molecule has 1 aliphatic rings. The van der Waals surface area contributed by atoms with Gasteiger partial charge in [0.1, 0.15) is 0 Å². The summed E-state index contributed by atoms with van der Waals surface area (Å²) in [5, 5.41) is 17.4. The number of rotatable bonds is 5. The number of benzene rings is 2. The fraction of sp³-hybridized carbons (Fsp3) is 0.158. The summed E-state index contributed by atoms with van der Waals surface area (Å²) in [6, 6.07) is 12.0. The molecule has 0 amide bonds. The molecule has 0 saturated heterocycles. The zero-order valence-corrected chi connectivity index (χ0v) is 15.8. The van der Waals surface area contributed by atoms with E-state index in [4.69, 9.17) is 9.47 Å². The molecule has 1 aromatic heterocycles. The van der Waals surface area contributed by atoms with Crippen molar-refractivity contribution in [3.8, 4) is 22.8 Å². The number of nitro groups is 1. The van der Waals surface area contributed by atoms with Crippen molar-refractivity contribution in [1.29, 1.82) is 0 Å². The molecule has 0 saturated carbocycles. The molecule has 0 unspecified atom stereocenters. The molecule has 8 nitrogen and oxygen atoms in total. The third kappa shape index (κ3) is 3.52. The number of nitrogens with zero attached hydrogens (tertiary/aromatic N) is 4. The first-order valence-electron chi connectivity index (χ1n) is 8.55. The van der Waals surface area contributed by atoms with Gasteiger partial charge in [-0.05, 0) is 42.8 Å². The molecule has 9 heteroatoms. The SMILES string of the molecule is CCN=c1scc(-c2ccc([N+](=O)[O-])cc2)n1N=Cc1ccc2c(c1)OCO2. The van der Waals surface area contributed by atoms with Crippen molar-refractivity contribution in [2.24, 2.45) is 10.1 Å². The largest absolute Gasteiger partial charge is 0.454 e. The molecule has 142 valence electrons. The van der Waals surface area contributed by atoms with Gasteiger partial charge in [-0.1, -0.05) is 0 Å². The van der Waals surface area contributed by atoms with E-state index < -0.39 is 4.92 Å². The Hall–Kier alpha value is -3.46. The van der Waals surface area contributed by atoms with Crippen molar-refractivity contribution < 1.29 is 14.4 Å². The lowest BCUT2D eigenvalue weighted by Crippen LogP contribution is -2.12. The molecule has 0 spiro atoms. The number of non-ortho nitro benzene ring substituents is 1. The number of hydrogen-bond acceptors (Lipinski definition) is 7. The smallest absolute Gasteiger partial charge is 0.269 e. The summed E-state index contributed by atoms with van der Waals surface area (Å²) in [5.74, 6) is 1.40. The van der Waals surface area contributed by atoms with Crippen molar-refractivity contribution in [3.63, 3.8) is 0 Å². The standard InChI is InChI=1S/C19H16N4O4S/c1-2-20-19-22(21-10-13-3-8-17-18(9-13)27-12-26-17)16(11-28-19)14-4-6-15(7-5-14)23(24)25/h3-11H,2,12H2,1H3. The highest BCUT2D eigenvalue weighted by atomic mass is 32.1. The average Bonchev–Trinajstić information content (AvgIpc) is 3.33. The van der Waals surface area contributed by atoms with Crippen molar-refractivity contribution in [3.05, 3.63) is 68.3 Å². The Morgan fingerprint density at radius 2 is 2.00 bits per heavy atom. The predicted octanol–water partition coefficient (Wildman–Crippen LogP) is 3.66. The second kappa shape index (κ2) is 7.65. The van der Waals surface area contributed by atoms with Crippen LogP contribution in [0.15, 0.2) is 57.9 Å². The van der Waals surface area contributed by atoms with Crippen molar-refractivity contribution >= 4 is 23.2 Å². The Morgan fingerprint density at radius 1 is 1.21 bits per heavy atom. The molecule has 28 heavy (non-hydrogen) atoms. The van der Waals surface area contributed by atoms with Crippen LogP contribution in [0.1, 0.15) is 12.5 Å². The van der Waals surface area contributed by atoms with Crippen LogP contribution in [0.3, 0.4) is 0 Å². The summed E-state index contributed by atoms with van der Waals surface area (Å²) < 4.78 is 12.5. The number of hydrogen-bond donors (Lipinski definition) is 0. The van der Waals surface area contributed by atoms with Crippen LogP contribution in [-0.2, 0) is 0 Å². The maximum atomic E-state index is 10.9. The van der Waals surface area contributed by atoms with E-state index in [0.717, 1.165) is 21.6 Å². The first-order valence-corrected chi connectivity index (χ1v) is 9.43. The third-order valence-electron chi connectivity index (χ3n) is 4.07. The predicted molar refractivity (Wildman–Crippen MR) is 106 cm³/mol. The maximum Gasteiger partial charge on any atom is 0.269 e. The second-order valence-corrected chi connectivity index (χ2v) is 6.69. The van der Waals surface area contributed by atoms with Crippen LogP contribution in [0.5, 0.6) is 11.5 Å². The topological polar surface area (TPSA) is 91.2 Å². The van der Waals surface area contributed by atoms with E-state index >= 15 is 0 Å². The third-order valence-corrected chi connectivity index (χ3v) is 4.93. The van der Waals surface area contributed by atoms with E-state index in [0.29, 0.717) is 18.0 Å². The summed E-state index contributed by atoms with van der Waals surface area (Å²) in [4.78, 5) is 15.7. The summed E-state index contributed by atoms with van der Waals surface area (Å²) in [5.41, 5.74) is 2.54. The minimum Gasteiger partial charge on any atom is -0.454 e. The summed E-state index contributed by atoms with van der Waals surface area (Å²) >= 11 is 1.47. The van der Waals surface area contributed by atoms with E-state index in [-0.39, 0.29) is 12.5 Å². The summed E-state index contributed by atoms with van der Waals surface area (Å²) in [7, 11) is 0. The van der Waals surface area contributed by atoms with Gasteiger partial charge in [0.15, 0.2) is 11.5 Å². The Labute approximate surface area is 164 Å². The molecule has 0 aliphatic carbocycles. The van der Waals surface area contributed by atoms with E-state index in [1.54, 1.807) is 23.0 Å². The Bertz CT molecular complexity index is 1120. The van der Waals surface area contributed by atoms with Gasteiger partial charge in [0.25, 0.3) is 5.69 Å². The minimum atomic E-state index is -0.416. The van der Waals surface area contributed by atoms with Crippen LogP contribution < -0.4 is 14.3 Å². The van der Waals surface area contributed by atoms with Gasteiger partial charge in [0, 0.05) is 29.6 Å². The summed E-state index contributed by atoms with van der Waals surface area (Å²) in [6.07, 6.45) is 1.72. The van der Waals surface area contributed by atoms with E-state index in [1.807, 2.05) is 30.5 Å². The van der Waals surface area contributed by atoms with Gasteiger partial charge in [-0.15, -0.1) is 11.3 Å². The number of nitro benzene ring substituents is 1. The van der Waals surface area contributed by atoms with Gasteiger partial charge in [-0.3, -0.25) is 15.1 Å². The van der Waals surface area contributed by atoms with Crippen LogP contribution in [0.25, 0.3) is 11.3 Å². The van der Waals surface area contributed by atoms with E-state index in [9.17, 15) is 10.1 Å². The number of ether oxygens (including phenoxy) is 2. The average molecular weight is 396 g/mol. The van der Waals surface area contributed by atoms with Crippen molar-refractivity contribution in [1.82, 2.24) is 4.68 Å². The van der Waals surface area contributed by atoms with Crippen molar-refractivity contribution in [2.75, 3.05) is 13.3 Å². The molecule has 0 bridgehead atoms. The lowest BCUT2D eigenvalue weighted by atomic mass is 10.1. The molecule has 4 rings (SSSR count). The first-order chi connectivity index (χ1) is 13.7. The van der Waals surface area contributed by atoms with Gasteiger partial charge in [-0.25, -0.2) is 4.68 Å². The van der Waals surface area contributed by atoms with Gasteiger partial charge in [0.05, 0.1) is 16.8 Å². The molecular weight excluding hydrogens is 380 g/mol. The Kier molecular flexibility index (Phi) is 4.90. The second-order valence-electron chi connectivity index (χ2n) is 5.85. The molecule has 1 aliphatic heterocycles. The zero-order chi connectivity index (χ0) is 19.5. The lowest BCUT2D eigenvalue weighted by molar-refractivity contribution is -0.384. The quantitative estimate of drug-likeness (QED) is 0.374. The molecule has 3 aromatic rings. The Morgan fingerprint density at radius 3 is 2.75 bits per heavy atom. The van der Waals surface area contributed by atoms with Gasteiger partial charge < -0.3 is 9.47 Å². The minimum absolute atomic E-state index is 0.0489. The van der Waals surface area contributed by atoms with Crippen LogP contribution in [0, 0.1) is 10.1 Å². The monoisotopic (exact) mass is 396 g/mol. The molecule has 0 fully saturated rings. The number of aromatic nitrogens is 1. The molecular formula is C19H16N4O4S. The highest BCUT2D eigenvalue weighted by Crippen LogP contribution is 2.32. The van der Waals surface area contributed by atoms with Gasteiger partial charge in [-0.2, -0.15) is 5.10 Å². The fourth-order valence-corrected chi connectivity index (χ4v) is 3.63. The molecule has 2 heterocycles. The zero-order valence-electron chi connectivity index (χ0n) is 14.9. The highest BCUT2D eigenvalue weighted by molar-refractivity contribution is 7.07. The molecule has 0 atom stereocenters. The van der Waals surface area contributed by atoms with Crippen LogP contribution in [0.4, 0.5) is 5.69 Å². The van der Waals surface area contributed by atoms with Gasteiger partial charge in [0.2, 0.25) is 11.6 Å². The lowest BCUT2D eigenvalue weighted by Gasteiger charge is -2.04. The Balaban J connectivity index is 1.72. The fourth-order valence-electron chi connectivity index (χ4n) is 2.72. The van der Waals surface area contributed by atoms with E-state index in [1.165, 1.54) is 23.5 Å². The normalized spacial score (nSPS) is 13.4. The highest BCUT2D eigenvalue weighted by Gasteiger charge is 2.13. The maximum absolute atomic E-state index is 10.9. The number of fused-ring (bicyclic) bond motifs is 1. The summed E-state index contributed by atoms with van der Waals surface area (Å²) in [6.45, 7) is 2.80. The van der Waals surface area contributed by atoms with Crippen LogP contribution >= 0.6 is 11.3 Å². The number of thiazole rings is 1. The van der Waals surface area contributed by atoms with Crippen molar-refractivity contribution in [2.45, 2.75) is 6.92 Å². The van der Waals surface area contributed by atoms with Crippen LogP contribution in [-0.4, -0.2) is 29.2 Å². The van der Waals surface area contributed by atoms with E-state index in [2.05, 4.69) is 10.1 Å². The van der Waals surface area contributed by atoms with Gasteiger partial charge >= 0.3 is 0 Å². The first kappa shape index (κ1) is 17.9. The molecule has 2 aromatic carbocycles. The molecule has 0 radical (unpaired) electrons.